The van der Waals surface area contributed by atoms with Crippen molar-refractivity contribution in [3.63, 3.8) is 0 Å². The molecule has 21 heavy (non-hydrogen) atoms. The van der Waals surface area contributed by atoms with E-state index in [-0.39, 0.29) is 23.8 Å². The molecule has 0 atom stereocenters. The lowest BCUT2D eigenvalue weighted by atomic mass is 10.3. The minimum atomic E-state index is -4.86. The Kier molecular flexibility index (Phi) is 7.45. The molecule has 122 valence electrons. The molecular formula is C11H16ClF3N2O3S. The smallest absolute Gasteiger partial charge is 0.406 e. The highest BCUT2D eigenvalue weighted by Gasteiger charge is 2.31. The molecule has 0 fully saturated rings. The molecule has 0 unspecified atom stereocenters. The van der Waals surface area contributed by atoms with Crippen molar-refractivity contribution >= 4 is 22.4 Å². The maximum atomic E-state index is 12.1. The summed E-state index contributed by atoms with van der Waals surface area (Å²) < 4.78 is 65.3. The fraction of sp³-hybridized carbons (Fsp3) is 0.455. The molecule has 1 aromatic carbocycles. The number of nitrogens with one attached hydrogen (secondary N) is 1. The van der Waals surface area contributed by atoms with E-state index in [0.717, 1.165) is 16.4 Å². The first-order valence-corrected chi connectivity index (χ1v) is 7.07. The predicted octanol–water partition coefficient (Wildman–Crippen LogP) is 1.85. The minimum absolute atomic E-state index is 0. The number of likely N-dealkylation sites (N-methyl/N-ethyl adjacent to an activating group) is 2. The SMILES string of the molecule is CNCCN(C)S(=O)(=O)c1cccc(OC(F)(F)F)c1.Cl. The fourth-order valence-corrected chi connectivity index (χ4v) is 2.61. The Labute approximate surface area is 127 Å². The zero-order chi connectivity index (χ0) is 15.4. The molecule has 0 radical (unpaired) electrons. The highest BCUT2D eigenvalue weighted by atomic mass is 35.5. The molecule has 0 aliphatic carbocycles. The van der Waals surface area contributed by atoms with Gasteiger partial charge in [-0.25, -0.2) is 8.42 Å². The van der Waals surface area contributed by atoms with Gasteiger partial charge in [0.25, 0.3) is 0 Å². The second kappa shape index (κ2) is 7.83. The largest absolute Gasteiger partial charge is 0.573 e. The van der Waals surface area contributed by atoms with Crippen molar-refractivity contribution < 1.29 is 26.3 Å². The monoisotopic (exact) mass is 348 g/mol. The van der Waals surface area contributed by atoms with E-state index in [0.29, 0.717) is 6.54 Å². The third-order valence-electron chi connectivity index (χ3n) is 2.42. The van der Waals surface area contributed by atoms with Crippen LogP contribution in [0.25, 0.3) is 0 Å². The van der Waals surface area contributed by atoms with Gasteiger partial charge in [0.05, 0.1) is 4.90 Å². The maximum Gasteiger partial charge on any atom is 0.573 e. The summed E-state index contributed by atoms with van der Waals surface area (Å²) in [6, 6.07) is 4.30. The Morgan fingerprint density at radius 3 is 2.48 bits per heavy atom. The second-order valence-electron chi connectivity index (χ2n) is 3.95. The van der Waals surface area contributed by atoms with Gasteiger partial charge in [-0.15, -0.1) is 25.6 Å². The Morgan fingerprint density at radius 1 is 1.33 bits per heavy atom. The Morgan fingerprint density at radius 2 is 1.95 bits per heavy atom. The lowest BCUT2D eigenvalue weighted by molar-refractivity contribution is -0.274. The van der Waals surface area contributed by atoms with E-state index in [1.807, 2.05) is 0 Å². The number of halogens is 4. The van der Waals surface area contributed by atoms with Crippen LogP contribution in [0.5, 0.6) is 5.75 Å². The van der Waals surface area contributed by atoms with Gasteiger partial charge in [0.15, 0.2) is 0 Å². The summed E-state index contributed by atoms with van der Waals surface area (Å²) in [4.78, 5) is -0.252. The van der Waals surface area contributed by atoms with Crippen molar-refractivity contribution in [2.75, 3.05) is 27.2 Å². The zero-order valence-corrected chi connectivity index (χ0v) is 13.0. The topological polar surface area (TPSA) is 58.6 Å². The van der Waals surface area contributed by atoms with Crippen molar-refractivity contribution in [2.24, 2.45) is 0 Å². The summed E-state index contributed by atoms with van der Waals surface area (Å²) >= 11 is 0. The lowest BCUT2D eigenvalue weighted by Crippen LogP contribution is -2.32. The predicted molar refractivity (Wildman–Crippen MR) is 74.1 cm³/mol. The van der Waals surface area contributed by atoms with E-state index in [4.69, 9.17) is 0 Å². The molecule has 10 heteroatoms. The van der Waals surface area contributed by atoms with Crippen LogP contribution in [0.4, 0.5) is 13.2 Å². The van der Waals surface area contributed by atoms with Crippen LogP contribution in [0.3, 0.4) is 0 Å². The molecular weight excluding hydrogens is 333 g/mol. The summed E-state index contributed by atoms with van der Waals surface area (Å²) in [6.07, 6.45) is -4.86. The van der Waals surface area contributed by atoms with Crippen molar-refractivity contribution in [2.45, 2.75) is 11.3 Å². The fourth-order valence-electron chi connectivity index (χ4n) is 1.40. The molecule has 0 bridgehead atoms. The zero-order valence-electron chi connectivity index (χ0n) is 11.3. The highest BCUT2D eigenvalue weighted by Crippen LogP contribution is 2.25. The van der Waals surface area contributed by atoms with Gasteiger partial charge in [0.1, 0.15) is 5.75 Å². The molecule has 0 spiro atoms. The van der Waals surface area contributed by atoms with Crippen molar-refractivity contribution in [1.82, 2.24) is 9.62 Å². The Bertz CT molecular complexity index is 552. The van der Waals surface area contributed by atoms with Gasteiger partial charge >= 0.3 is 6.36 Å². The first-order valence-electron chi connectivity index (χ1n) is 5.63. The third kappa shape index (κ3) is 6.08. The molecule has 0 aliphatic rings. The van der Waals surface area contributed by atoms with E-state index < -0.39 is 22.1 Å². The number of sulfonamides is 1. The average molecular weight is 349 g/mol. The van der Waals surface area contributed by atoms with E-state index in [1.54, 1.807) is 7.05 Å². The Balaban J connectivity index is 0.00000400. The van der Waals surface area contributed by atoms with Crippen molar-refractivity contribution in [3.8, 4) is 5.75 Å². The van der Waals surface area contributed by atoms with Gasteiger partial charge in [0, 0.05) is 26.2 Å². The summed E-state index contributed by atoms with van der Waals surface area (Å²) in [7, 11) is -0.827. The van der Waals surface area contributed by atoms with Crippen LogP contribution in [-0.2, 0) is 10.0 Å². The number of hydrogen-bond donors (Lipinski definition) is 1. The molecule has 1 rings (SSSR count). The van der Waals surface area contributed by atoms with E-state index in [9.17, 15) is 21.6 Å². The van der Waals surface area contributed by atoms with Crippen LogP contribution in [0.1, 0.15) is 0 Å². The molecule has 0 aliphatic heterocycles. The van der Waals surface area contributed by atoms with Gasteiger partial charge < -0.3 is 10.1 Å². The number of benzene rings is 1. The van der Waals surface area contributed by atoms with Gasteiger partial charge in [-0.2, -0.15) is 4.31 Å². The molecule has 1 N–H and O–H groups in total. The number of ether oxygens (including phenoxy) is 1. The molecule has 5 nitrogen and oxygen atoms in total. The first-order chi connectivity index (χ1) is 9.16. The van der Waals surface area contributed by atoms with Crippen LogP contribution < -0.4 is 10.1 Å². The highest BCUT2D eigenvalue weighted by molar-refractivity contribution is 7.89. The van der Waals surface area contributed by atoms with E-state index in [1.165, 1.54) is 19.2 Å². The van der Waals surface area contributed by atoms with Crippen LogP contribution >= 0.6 is 12.4 Å². The summed E-state index contributed by atoms with van der Waals surface area (Å²) in [5, 5.41) is 2.79. The standard InChI is InChI=1S/C11H15F3N2O3S.ClH/c1-15-6-7-16(2)20(17,18)10-5-3-4-9(8-10)19-11(12,13)14;/h3-5,8,15H,6-7H2,1-2H3;1H. The van der Waals surface area contributed by atoms with Gasteiger partial charge in [0.2, 0.25) is 10.0 Å². The van der Waals surface area contributed by atoms with Crippen LogP contribution in [-0.4, -0.2) is 46.3 Å². The quantitative estimate of drug-likeness (QED) is 0.852. The maximum absolute atomic E-state index is 12.1. The third-order valence-corrected chi connectivity index (χ3v) is 4.28. The summed E-state index contributed by atoms with van der Waals surface area (Å²) in [6.45, 7) is 0.623. The summed E-state index contributed by atoms with van der Waals surface area (Å²) in [5.74, 6) is -0.569. The van der Waals surface area contributed by atoms with Gasteiger partial charge in [-0.3, -0.25) is 0 Å². The second-order valence-corrected chi connectivity index (χ2v) is 6.00. The van der Waals surface area contributed by atoms with Crippen LogP contribution in [0.15, 0.2) is 29.2 Å². The molecule has 0 saturated heterocycles. The number of alkyl halides is 3. The van der Waals surface area contributed by atoms with Crippen LogP contribution in [0.2, 0.25) is 0 Å². The first kappa shape index (κ1) is 20.0. The number of nitrogens with zero attached hydrogens (tertiary/aromatic N) is 1. The molecule has 0 aromatic heterocycles. The molecule has 0 heterocycles. The molecule has 1 aromatic rings. The average Bonchev–Trinajstić information content (AvgIpc) is 2.34. The lowest BCUT2D eigenvalue weighted by Gasteiger charge is -2.17. The summed E-state index contributed by atoms with van der Waals surface area (Å²) in [5.41, 5.74) is 0. The van der Waals surface area contributed by atoms with Crippen molar-refractivity contribution in [1.29, 1.82) is 0 Å². The van der Waals surface area contributed by atoms with Gasteiger partial charge in [-0.05, 0) is 19.2 Å². The van der Waals surface area contributed by atoms with E-state index >= 15 is 0 Å². The van der Waals surface area contributed by atoms with Crippen LogP contribution in [0, 0.1) is 0 Å². The minimum Gasteiger partial charge on any atom is -0.406 e. The van der Waals surface area contributed by atoms with Crippen molar-refractivity contribution in [3.05, 3.63) is 24.3 Å². The molecule has 0 saturated carbocycles. The Hall–Kier alpha value is -1.03. The van der Waals surface area contributed by atoms with E-state index in [2.05, 4.69) is 10.1 Å². The molecule has 0 amide bonds. The number of rotatable bonds is 6. The number of hydrogen-bond acceptors (Lipinski definition) is 4. The van der Waals surface area contributed by atoms with Gasteiger partial charge in [-0.1, -0.05) is 6.07 Å². The normalized spacial score (nSPS) is 12.1.